The van der Waals surface area contributed by atoms with Crippen LogP contribution >= 0.6 is 11.8 Å². The number of rotatable bonds is 3. The lowest BCUT2D eigenvalue weighted by Crippen LogP contribution is -2.49. The molecule has 0 aromatic carbocycles. The van der Waals surface area contributed by atoms with Crippen LogP contribution in [0.5, 0.6) is 0 Å². The number of nitrogens with one attached hydrogen (secondary N) is 1. The second-order valence-electron chi connectivity index (χ2n) is 6.28. The van der Waals surface area contributed by atoms with Crippen LogP contribution in [0.15, 0.2) is 0 Å². The molecule has 0 aliphatic carbocycles. The van der Waals surface area contributed by atoms with Crippen LogP contribution in [0, 0.1) is 5.92 Å². The molecule has 3 fully saturated rings. The van der Waals surface area contributed by atoms with E-state index in [-0.39, 0.29) is 6.04 Å². The molecule has 1 atom stereocenters. The van der Waals surface area contributed by atoms with E-state index in [0.717, 1.165) is 63.1 Å². The molecule has 0 spiro atoms. The van der Waals surface area contributed by atoms with E-state index < -0.39 is 0 Å². The Kier molecular flexibility index (Phi) is 5.24. The summed E-state index contributed by atoms with van der Waals surface area (Å²) >= 11 is 1.97. The van der Waals surface area contributed by atoms with Gasteiger partial charge in [-0.05, 0) is 51.2 Å². The lowest BCUT2D eigenvalue weighted by molar-refractivity contribution is -0.135. The maximum Gasteiger partial charge on any atom is 0.239 e. The summed E-state index contributed by atoms with van der Waals surface area (Å²) in [7, 11) is 0. The standard InChI is InChI=1S/C15H27N3OS/c19-15(17-8-10-20-11-9-17)14-2-1-7-18(14)12-13-3-5-16-6-4-13/h13-14,16H,1-12H2. The largest absolute Gasteiger partial charge is 0.340 e. The summed E-state index contributed by atoms with van der Waals surface area (Å²) in [6.45, 7) is 6.49. The van der Waals surface area contributed by atoms with Crippen molar-refractivity contribution in [2.45, 2.75) is 31.7 Å². The Bertz CT molecular complexity index is 327. The molecule has 1 amide bonds. The van der Waals surface area contributed by atoms with Crippen molar-refractivity contribution in [3.8, 4) is 0 Å². The molecule has 20 heavy (non-hydrogen) atoms. The first-order chi connectivity index (χ1) is 9.84. The van der Waals surface area contributed by atoms with Gasteiger partial charge in [-0.2, -0.15) is 11.8 Å². The molecule has 3 aliphatic rings. The lowest BCUT2D eigenvalue weighted by Gasteiger charge is -2.34. The fourth-order valence-electron chi connectivity index (χ4n) is 3.71. The summed E-state index contributed by atoms with van der Waals surface area (Å²) in [4.78, 5) is 17.3. The molecule has 0 radical (unpaired) electrons. The first kappa shape index (κ1) is 14.7. The van der Waals surface area contributed by atoms with Crippen LogP contribution < -0.4 is 5.32 Å². The van der Waals surface area contributed by atoms with E-state index in [4.69, 9.17) is 0 Å². The number of piperidine rings is 1. The number of carbonyl (C=O) groups excluding carboxylic acids is 1. The molecule has 0 aromatic heterocycles. The van der Waals surface area contributed by atoms with Gasteiger partial charge in [-0.1, -0.05) is 0 Å². The summed E-state index contributed by atoms with van der Waals surface area (Å²) in [5.41, 5.74) is 0. The third-order valence-electron chi connectivity index (χ3n) is 4.92. The van der Waals surface area contributed by atoms with Gasteiger partial charge in [0.25, 0.3) is 0 Å². The highest BCUT2D eigenvalue weighted by Gasteiger charge is 2.35. The van der Waals surface area contributed by atoms with Crippen molar-refractivity contribution in [1.29, 1.82) is 0 Å². The van der Waals surface area contributed by atoms with Gasteiger partial charge in [0.15, 0.2) is 0 Å². The second-order valence-corrected chi connectivity index (χ2v) is 7.51. The van der Waals surface area contributed by atoms with Crippen molar-refractivity contribution in [2.24, 2.45) is 5.92 Å². The first-order valence-corrected chi connectivity index (χ1v) is 9.31. The highest BCUT2D eigenvalue weighted by molar-refractivity contribution is 7.99. The van der Waals surface area contributed by atoms with Crippen molar-refractivity contribution in [3.63, 3.8) is 0 Å². The van der Waals surface area contributed by atoms with Gasteiger partial charge in [0, 0.05) is 31.1 Å². The van der Waals surface area contributed by atoms with Gasteiger partial charge in [0.2, 0.25) is 5.91 Å². The Labute approximate surface area is 126 Å². The van der Waals surface area contributed by atoms with Gasteiger partial charge in [0.1, 0.15) is 0 Å². The molecule has 114 valence electrons. The lowest BCUT2D eigenvalue weighted by atomic mass is 9.97. The minimum Gasteiger partial charge on any atom is -0.340 e. The molecule has 0 saturated carbocycles. The van der Waals surface area contributed by atoms with Gasteiger partial charge < -0.3 is 10.2 Å². The summed E-state index contributed by atoms with van der Waals surface area (Å²) in [6.07, 6.45) is 4.83. The summed E-state index contributed by atoms with van der Waals surface area (Å²) in [5.74, 6) is 3.44. The topological polar surface area (TPSA) is 35.6 Å². The number of hydrogen-bond donors (Lipinski definition) is 1. The zero-order valence-corrected chi connectivity index (χ0v) is 13.2. The molecule has 0 bridgehead atoms. The molecule has 0 aromatic rings. The molecule has 3 heterocycles. The number of likely N-dealkylation sites (tertiary alicyclic amines) is 1. The smallest absolute Gasteiger partial charge is 0.239 e. The van der Waals surface area contributed by atoms with Gasteiger partial charge in [-0.15, -0.1) is 0 Å². The van der Waals surface area contributed by atoms with Crippen molar-refractivity contribution in [3.05, 3.63) is 0 Å². The zero-order chi connectivity index (χ0) is 13.8. The van der Waals surface area contributed by atoms with Crippen LogP contribution in [0.3, 0.4) is 0 Å². The number of hydrogen-bond acceptors (Lipinski definition) is 4. The quantitative estimate of drug-likeness (QED) is 0.844. The van der Waals surface area contributed by atoms with E-state index in [1.54, 1.807) is 0 Å². The average Bonchev–Trinajstić information content (AvgIpc) is 2.96. The van der Waals surface area contributed by atoms with Gasteiger partial charge in [-0.3, -0.25) is 9.69 Å². The van der Waals surface area contributed by atoms with Gasteiger partial charge in [0.05, 0.1) is 6.04 Å². The SMILES string of the molecule is O=C(C1CCCN1CC1CCNCC1)N1CCSCC1. The number of thioether (sulfide) groups is 1. The molecular weight excluding hydrogens is 270 g/mol. The Morgan fingerprint density at radius 1 is 1.10 bits per heavy atom. The maximum absolute atomic E-state index is 12.7. The Hall–Kier alpha value is -0.260. The third-order valence-corrected chi connectivity index (χ3v) is 5.87. The van der Waals surface area contributed by atoms with Crippen molar-refractivity contribution in [2.75, 3.05) is 50.8 Å². The van der Waals surface area contributed by atoms with Crippen LogP contribution in [-0.4, -0.2) is 72.5 Å². The molecule has 5 heteroatoms. The number of nitrogens with zero attached hydrogens (tertiary/aromatic N) is 2. The Balaban J connectivity index is 1.55. The zero-order valence-electron chi connectivity index (χ0n) is 12.4. The van der Waals surface area contributed by atoms with Crippen molar-refractivity contribution >= 4 is 17.7 Å². The van der Waals surface area contributed by atoms with E-state index in [0.29, 0.717) is 5.91 Å². The average molecular weight is 297 g/mol. The fraction of sp³-hybridized carbons (Fsp3) is 0.933. The Morgan fingerprint density at radius 3 is 2.60 bits per heavy atom. The molecule has 4 nitrogen and oxygen atoms in total. The first-order valence-electron chi connectivity index (χ1n) is 8.16. The van der Waals surface area contributed by atoms with E-state index in [1.807, 2.05) is 11.8 Å². The summed E-state index contributed by atoms with van der Waals surface area (Å²) < 4.78 is 0. The van der Waals surface area contributed by atoms with Gasteiger partial charge >= 0.3 is 0 Å². The predicted molar refractivity (Wildman–Crippen MR) is 84.1 cm³/mol. The molecular formula is C15H27N3OS. The van der Waals surface area contributed by atoms with Crippen LogP contribution in [0.25, 0.3) is 0 Å². The van der Waals surface area contributed by atoms with Crippen molar-refractivity contribution < 1.29 is 4.79 Å². The Morgan fingerprint density at radius 2 is 1.85 bits per heavy atom. The highest BCUT2D eigenvalue weighted by atomic mass is 32.2. The molecule has 1 N–H and O–H groups in total. The van der Waals surface area contributed by atoms with Gasteiger partial charge in [-0.25, -0.2) is 0 Å². The molecule has 3 aliphatic heterocycles. The minimum absolute atomic E-state index is 0.188. The molecule has 3 saturated heterocycles. The second kappa shape index (κ2) is 7.14. The van der Waals surface area contributed by atoms with Crippen LogP contribution in [0.4, 0.5) is 0 Å². The number of carbonyl (C=O) groups is 1. The summed E-state index contributed by atoms with van der Waals surface area (Å²) in [6, 6.07) is 0.188. The highest BCUT2D eigenvalue weighted by Crippen LogP contribution is 2.24. The predicted octanol–water partition coefficient (Wildman–Crippen LogP) is 1.03. The van der Waals surface area contributed by atoms with Crippen molar-refractivity contribution in [1.82, 2.24) is 15.1 Å². The molecule has 3 rings (SSSR count). The van der Waals surface area contributed by atoms with Crippen LogP contribution in [-0.2, 0) is 4.79 Å². The number of amides is 1. The molecule has 1 unspecified atom stereocenters. The monoisotopic (exact) mass is 297 g/mol. The van der Waals surface area contributed by atoms with E-state index in [2.05, 4.69) is 15.1 Å². The van der Waals surface area contributed by atoms with E-state index in [9.17, 15) is 4.79 Å². The maximum atomic E-state index is 12.7. The third kappa shape index (κ3) is 3.49. The van der Waals surface area contributed by atoms with E-state index in [1.165, 1.54) is 19.3 Å². The fourth-order valence-corrected chi connectivity index (χ4v) is 4.62. The van der Waals surface area contributed by atoms with Crippen LogP contribution in [0.1, 0.15) is 25.7 Å². The normalized spacial score (nSPS) is 29.8. The minimum atomic E-state index is 0.188. The van der Waals surface area contributed by atoms with E-state index >= 15 is 0 Å². The van der Waals surface area contributed by atoms with Crippen LogP contribution in [0.2, 0.25) is 0 Å². The summed E-state index contributed by atoms with van der Waals surface area (Å²) in [5, 5.41) is 3.43.